The Kier molecular flexibility index (Phi) is 3.17. The number of fused-ring (bicyclic) bond motifs is 1. The number of pyridine rings is 1. The Bertz CT molecular complexity index is 605. The number of halogens is 2. The van der Waals surface area contributed by atoms with E-state index >= 15 is 0 Å². The number of rotatable bonds is 1. The summed E-state index contributed by atoms with van der Waals surface area (Å²) in [6.45, 7) is 6.12. The molecule has 5 heteroatoms. The van der Waals surface area contributed by atoms with Gasteiger partial charge in [-0.1, -0.05) is 32.4 Å². The highest BCUT2D eigenvalue weighted by atomic mass is 35.5. The molecule has 0 aliphatic heterocycles. The van der Waals surface area contributed by atoms with Gasteiger partial charge in [-0.15, -0.1) is 0 Å². The van der Waals surface area contributed by atoms with E-state index in [0.717, 1.165) is 5.69 Å². The standard InChI is InChI=1S/C13H15ClFN3/c1-13(2,3)11-6-10(18-16)8-4-7(15)5-9(14)12(8)17-11/h4-6H,16H2,1-3H3,(H,17,18). The van der Waals surface area contributed by atoms with Crippen LogP contribution in [0.3, 0.4) is 0 Å². The average molecular weight is 268 g/mol. The maximum atomic E-state index is 13.4. The normalized spacial score (nSPS) is 11.9. The van der Waals surface area contributed by atoms with Gasteiger partial charge in [-0.05, 0) is 18.2 Å². The molecule has 0 radical (unpaired) electrons. The second-order valence-electron chi connectivity index (χ2n) is 5.23. The second kappa shape index (κ2) is 4.37. The summed E-state index contributed by atoms with van der Waals surface area (Å²) in [5.74, 6) is 5.08. The molecule has 96 valence electrons. The number of nitrogen functional groups attached to an aromatic ring is 1. The highest BCUT2D eigenvalue weighted by Crippen LogP contribution is 2.32. The van der Waals surface area contributed by atoms with Crippen molar-refractivity contribution in [1.82, 2.24) is 4.98 Å². The van der Waals surface area contributed by atoms with Gasteiger partial charge >= 0.3 is 0 Å². The lowest BCUT2D eigenvalue weighted by molar-refractivity contribution is 0.571. The molecule has 2 rings (SSSR count). The predicted octanol–water partition coefficient (Wildman–Crippen LogP) is 3.61. The van der Waals surface area contributed by atoms with Crippen LogP contribution in [0.25, 0.3) is 10.9 Å². The zero-order valence-corrected chi connectivity index (χ0v) is 11.3. The fourth-order valence-electron chi connectivity index (χ4n) is 1.76. The van der Waals surface area contributed by atoms with Gasteiger partial charge in [0.25, 0.3) is 0 Å². The van der Waals surface area contributed by atoms with Crippen molar-refractivity contribution in [2.24, 2.45) is 5.84 Å². The molecule has 0 bridgehead atoms. The minimum Gasteiger partial charge on any atom is -0.323 e. The number of hydrogen-bond donors (Lipinski definition) is 2. The molecular weight excluding hydrogens is 253 g/mol. The Morgan fingerprint density at radius 2 is 1.94 bits per heavy atom. The molecule has 0 unspecified atom stereocenters. The molecule has 3 N–H and O–H groups in total. The van der Waals surface area contributed by atoms with Crippen LogP contribution in [0.2, 0.25) is 5.02 Å². The molecule has 0 amide bonds. The predicted molar refractivity (Wildman–Crippen MR) is 73.2 cm³/mol. The number of hydrogen-bond acceptors (Lipinski definition) is 3. The molecule has 0 atom stereocenters. The molecule has 1 aromatic heterocycles. The molecular formula is C13H15ClFN3. The summed E-state index contributed by atoms with van der Waals surface area (Å²) < 4.78 is 13.4. The summed E-state index contributed by atoms with van der Waals surface area (Å²) in [5.41, 5.74) is 4.45. The van der Waals surface area contributed by atoms with Gasteiger partial charge in [-0.2, -0.15) is 0 Å². The lowest BCUT2D eigenvalue weighted by atomic mass is 9.91. The van der Waals surface area contributed by atoms with Gasteiger partial charge in [0.05, 0.1) is 16.2 Å². The Morgan fingerprint density at radius 1 is 1.28 bits per heavy atom. The third kappa shape index (κ3) is 2.26. The largest absolute Gasteiger partial charge is 0.323 e. The van der Waals surface area contributed by atoms with Crippen LogP contribution in [0.5, 0.6) is 0 Å². The summed E-state index contributed by atoms with van der Waals surface area (Å²) >= 11 is 6.04. The van der Waals surface area contributed by atoms with Crippen LogP contribution in [-0.2, 0) is 5.41 Å². The highest BCUT2D eigenvalue weighted by molar-refractivity contribution is 6.35. The third-order valence-corrected chi connectivity index (χ3v) is 3.04. The number of anilines is 1. The molecule has 0 saturated carbocycles. The molecule has 0 saturated heterocycles. The molecule has 3 nitrogen and oxygen atoms in total. The SMILES string of the molecule is CC(C)(C)c1cc(NN)c2cc(F)cc(Cl)c2n1. The smallest absolute Gasteiger partial charge is 0.125 e. The van der Waals surface area contributed by atoms with E-state index in [1.165, 1.54) is 12.1 Å². The number of benzene rings is 1. The van der Waals surface area contributed by atoms with Crippen molar-refractivity contribution in [1.29, 1.82) is 0 Å². The first-order valence-electron chi connectivity index (χ1n) is 5.60. The Hall–Kier alpha value is -1.39. The van der Waals surface area contributed by atoms with Crippen LogP contribution in [0.1, 0.15) is 26.5 Å². The summed E-state index contributed by atoms with van der Waals surface area (Å²) in [5, 5.41) is 0.864. The van der Waals surface area contributed by atoms with E-state index in [0.29, 0.717) is 16.6 Å². The maximum absolute atomic E-state index is 13.4. The fourth-order valence-corrected chi connectivity index (χ4v) is 2.00. The van der Waals surface area contributed by atoms with Crippen molar-refractivity contribution in [2.45, 2.75) is 26.2 Å². The summed E-state index contributed by atoms with van der Waals surface area (Å²) in [4.78, 5) is 4.50. The van der Waals surface area contributed by atoms with Gasteiger partial charge in [0, 0.05) is 16.5 Å². The number of hydrazine groups is 1. The van der Waals surface area contributed by atoms with Gasteiger partial charge in [0.2, 0.25) is 0 Å². The van der Waals surface area contributed by atoms with Crippen LogP contribution in [0.15, 0.2) is 18.2 Å². The van der Waals surface area contributed by atoms with Gasteiger partial charge in [0.1, 0.15) is 5.82 Å². The second-order valence-corrected chi connectivity index (χ2v) is 5.64. The summed E-state index contributed by atoms with van der Waals surface area (Å²) in [6.07, 6.45) is 0. The van der Waals surface area contributed by atoms with Crippen molar-refractivity contribution in [3.8, 4) is 0 Å². The topological polar surface area (TPSA) is 50.9 Å². The zero-order valence-electron chi connectivity index (χ0n) is 10.5. The third-order valence-electron chi connectivity index (χ3n) is 2.76. The molecule has 1 aromatic carbocycles. The van der Waals surface area contributed by atoms with E-state index in [-0.39, 0.29) is 10.4 Å². The summed E-state index contributed by atoms with van der Waals surface area (Å²) in [6, 6.07) is 4.44. The fraction of sp³-hybridized carbons (Fsp3) is 0.308. The van der Waals surface area contributed by atoms with E-state index in [2.05, 4.69) is 10.4 Å². The Balaban J connectivity index is 2.84. The van der Waals surface area contributed by atoms with Crippen molar-refractivity contribution in [3.63, 3.8) is 0 Å². The summed E-state index contributed by atoms with van der Waals surface area (Å²) in [7, 11) is 0. The number of nitrogens with two attached hydrogens (primary N) is 1. The molecule has 0 fully saturated rings. The number of nitrogens with zero attached hydrogens (tertiary/aromatic N) is 1. The zero-order chi connectivity index (χ0) is 13.5. The minimum absolute atomic E-state index is 0.141. The Morgan fingerprint density at radius 3 is 2.50 bits per heavy atom. The molecule has 1 heterocycles. The van der Waals surface area contributed by atoms with Crippen LogP contribution in [0, 0.1) is 5.82 Å². The highest BCUT2D eigenvalue weighted by Gasteiger charge is 2.19. The molecule has 0 aliphatic rings. The van der Waals surface area contributed by atoms with Crippen LogP contribution < -0.4 is 11.3 Å². The van der Waals surface area contributed by atoms with Crippen LogP contribution >= 0.6 is 11.6 Å². The lowest BCUT2D eigenvalue weighted by Gasteiger charge is -2.20. The molecule has 0 spiro atoms. The Labute approximate surface area is 110 Å². The van der Waals surface area contributed by atoms with Gasteiger partial charge in [0.15, 0.2) is 0 Å². The van der Waals surface area contributed by atoms with E-state index in [1.54, 1.807) is 0 Å². The van der Waals surface area contributed by atoms with Crippen LogP contribution in [-0.4, -0.2) is 4.98 Å². The van der Waals surface area contributed by atoms with E-state index < -0.39 is 5.82 Å². The molecule has 18 heavy (non-hydrogen) atoms. The van der Waals surface area contributed by atoms with Gasteiger partial charge in [-0.25, -0.2) is 4.39 Å². The maximum Gasteiger partial charge on any atom is 0.125 e. The van der Waals surface area contributed by atoms with Gasteiger partial charge in [-0.3, -0.25) is 10.8 Å². The van der Waals surface area contributed by atoms with E-state index in [9.17, 15) is 4.39 Å². The quantitative estimate of drug-likeness (QED) is 0.613. The first kappa shape index (κ1) is 13.1. The minimum atomic E-state index is -0.408. The van der Waals surface area contributed by atoms with Crippen LogP contribution in [0.4, 0.5) is 10.1 Å². The van der Waals surface area contributed by atoms with Gasteiger partial charge < -0.3 is 5.43 Å². The monoisotopic (exact) mass is 267 g/mol. The van der Waals surface area contributed by atoms with E-state index in [4.69, 9.17) is 17.4 Å². The number of aromatic nitrogens is 1. The van der Waals surface area contributed by atoms with Crippen molar-refractivity contribution >= 4 is 28.2 Å². The average Bonchev–Trinajstić information content (AvgIpc) is 2.26. The lowest BCUT2D eigenvalue weighted by Crippen LogP contribution is -2.16. The first-order valence-corrected chi connectivity index (χ1v) is 5.97. The first-order chi connectivity index (χ1) is 8.32. The van der Waals surface area contributed by atoms with Crippen molar-refractivity contribution in [3.05, 3.63) is 34.7 Å². The van der Waals surface area contributed by atoms with Crippen molar-refractivity contribution in [2.75, 3.05) is 5.43 Å². The van der Waals surface area contributed by atoms with E-state index in [1.807, 2.05) is 26.8 Å². The number of nitrogens with one attached hydrogen (secondary N) is 1. The van der Waals surface area contributed by atoms with Crippen molar-refractivity contribution < 1.29 is 4.39 Å². The molecule has 2 aromatic rings. The molecule has 0 aliphatic carbocycles.